The molecule has 2 aromatic carbocycles. The van der Waals surface area contributed by atoms with Gasteiger partial charge in [-0.1, -0.05) is 48.5 Å². The fraction of sp³-hybridized carbons (Fsp3) is 0. The molecule has 4 aliphatic carbocycles. The second-order valence-corrected chi connectivity index (χ2v) is 4.90. The van der Waals surface area contributed by atoms with Gasteiger partial charge in [-0.05, 0) is 28.8 Å². The zero-order valence-electron chi connectivity index (χ0n) is 9.97. The van der Waals surface area contributed by atoms with E-state index in [-0.39, 0.29) is 5.28 Å². The van der Waals surface area contributed by atoms with Gasteiger partial charge < -0.3 is 0 Å². The van der Waals surface area contributed by atoms with E-state index in [1.807, 2.05) is 6.07 Å². The van der Waals surface area contributed by atoms with E-state index in [0.717, 1.165) is 22.5 Å². The van der Waals surface area contributed by atoms with Crippen LogP contribution < -0.4 is 0 Å². The van der Waals surface area contributed by atoms with Gasteiger partial charge in [-0.25, -0.2) is 9.97 Å². The highest BCUT2D eigenvalue weighted by atomic mass is 35.5. The van der Waals surface area contributed by atoms with Crippen LogP contribution in [0.1, 0.15) is 0 Å². The van der Waals surface area contributed by atoms with Crippen molar-refractivity contribution in [2.45, 2.75) is 0 Å². The van der Waals surface area contributed by atoms with Gasteiger partial charge in [0.25, 0.3) is 0 Å². The van der Waals surface area contributed by atoms with Crippen molar-refractivity contribution in [2.75, 3.05) is 0 Å². The standard InChI is InChI=1S/C16H9ClN2/c17-16-18-14-9-15(19-16)13-7-3-11(4-8-13)10-1-5-12(14)6-2-10/h1-9H. The predicted octanol–water partition coefficient (Wildman–Crippen LogP) is 4.44. The maximum absolute atomic E-state index is 6.04. The summed E-state index contributed by atoms with van der Waals surface area (Å²) < 4.78 is 0. The third-order valence-electron chi connectivity index (χ3n) is 3.39. The summed E-state index contributed by atoms with van der Waals surface area (Å²) in [5.41, 5.74) is 6.21. The number of nitrogens with zero attached hydrogens (tertiary/aromatic N) is 2. The zero-order valence-corrected chi connectivity index (χ0v) is 10.7. The molecule has 0 atom stereocenters. The van der Waals surface area contributed by atoms with Crippen molar-refractivity contribution < 1.29 is 0 Å². The van der Waals surface area contributed by atoms with Gasteiger partial charge >= 0.3 is 0 Å². The summed E-state index contributed by atoms with van der Waals surface area (Å²) in [7, 11) is 0. The molecule has 90 valence electrons. The van der Waals surface area contributed by atoms with E-state index in [9.17, 15) is 0 Å². The van der Waals surface area contributed by atoms with E-state index in [1.54, 1.807) is 0 Å². The molecule has 1 aromatic heterocycles. The first-order valence-electron chi connectivity index (χ1n) is 6.05. The Labute approximate surface area is 115 Å². The monoisotopic (exact) mass is 264 g/mol. The minimum atomic E-state index is 0.278. The Kier molecular flexibility index (Phi) is 2.20. The Morgan fingerprint density at radius 2 is 0.947 bits per heavy atom. The molecule has 0 amide bonds. The van der Waals surface area contributed by atoms with E-state index in [2.05, 4.69) is 58.5 Å². The van der Waals surface area contributed by atoms with Gasteiger partial charge in [0.15, 0.2) is 0 Å². The van der Waals surface area contributed by atoms with Gasteiger partial charge in [-0.2, -0.15) is 0 Å². The van der Waals surface area contributed by atoms with Gasteiger partial charge in [0, 0.05) is 11.1 Å². The van der Waals surface area contributed by atoms with Crippen molar-refractivity contribution in [1.29, 1.82) is 0 Å². The second kappa shape index (κ2) is 3.90. The minimum absolute atomic E-state index is 0.278. The molecule has 0 saturated carbocycles. The van der Waals surface area contributed by atoms with Crippen molar-refractivity contribution in [3.8, 4) is 33.6 Å². The minimum Gasteiger partial charge on any atom is -0.218 e. The summed E-state index contributed by atoms with van der Waals surface area (Å²) in [5.74, 6) is 0. The molecule has 3 heteroatoms. The highest BCUT2D eigenvalue weighted by Crippen LogP contribution is 2.30. The first-order valence-corrected chi connectivity index (χ1v) is 6.43. The smallest absolute Gasteiger partial charge is 0.218 e. The van der Waals surface area contributed by atoms with Crippen LogP contribution in [0.25, 0.3) is 33.6 Å². The van der Waals surface area contributed by atoms with Crippen LogP contribution in [0.4, 0.5) is 0 Å². The Bertz CT molecular complexity index is 698. The fourth-order valence-corrected chi connectivity index (χ4v) is 2.56. The highest BCUT2D eigenvalue weighted by Gasteiger charge is 2.10. The van der Waals surface area contributed by atoms with E-state index in [4.69, 9.17) is 11.6 Å². The van der Waals surface area contributed by atoms with Crippen molar-refractivity contribution >= 4 is 11.6 Å². The van der Waals surface area contributed by atoms with E-state index in [0.29, 0.717) is 0 Å². The van der Waals surface area contributed by atoms with Gasteiger partial charge in [-0.15, -0.1) is 0 Å². The maximum atomic E-state index is 6.04. The quantitative estimate of drug-likeness (QED) is 0.439. The first kappa shape index (κ1) is 10.7. The van der Waals surface area contributed by atoms with Gasteiger partial charge in [-0.3, -0.25) is 0 Å². The van der Waals surface area contributed by atoms with Crippen LogP contribution >= 0.6 is 11.6 Å². The molecular formula is C16H9ClN2. The highest BCUT2D eigenvalue weighted by molar-refractivity contribution is 6.28. The Balaban J connectivity index is 2.15. The summed E-state index contributed by atoms with van der Waals surface area (Å²) in [4.78, 5) is 8.61. The molecule has 6 bridgehead atoms. The molecule has 2 nitrogen and oxygen atoms in total. The van der Waals surface area contributed by atoms with Crippen LogP contribution in [0.5, 0.6) is 0 Å². The zero-order chi connectivity index (χ0) is 12.8. The third-order valence-corrected chi connectivity index (χ3v) is 3.56. The number of rotatable bonds is 0. The van der Waals surface area contributed by atoms with Crippen molar-refractivity contribution in [3.63, 3.8) is 0 Å². The molecule has 0 saturated heterocycles. The molecule has 0 N–H and O–H groups in total. The Morgan fingerprint density at radius 3 is 1.37 bits per heavy atom. The van der Waals surface area contributed by atoms with Gasteiger partial charge in [0.1, 0.15) is 0 Å². The first-order chi connectivity index (χ1) is 9.29. The molecule has 0 aliphatic heterocycles. The largest absolute Gasteiger partial charge is 0.223 e. The fourth-order valence-electron chi connectivity index (χ4n) is 2.38. The number of hydrogen-bond donors (Lipinski definition) is 0. The number of hydrogen-bond acceptors (Lipinski definition) is 2. The summed E-state index contributed by atoms with van der Waals surface area (Å²) in [6.07, 6.45) is 0. The van der Waals surface area contributed by atoms with Gasteiger partial charge in [0.05, 0.1) is 11.4 Å². The predicted molar refractivity (Wildman–Crippen MR) is 76.9 cm³/mol. The van der Waals surface area contributed by atoms with Crippen LogP contribution in [0.15, 0.2) is 54.6 Å². The summed E-state index contributed by atoms with van der Waals surface area (Å²) in [6, 6.07) is 18.6. The summed E-state index contributed by atoms with van der Waals surface area (Å²) in [5, 5.41) is 0.278. The molecule has 0 unspecified atom stereocenters. The molecule has 0 spiro atoms. The molecular weight excluding hydrogens is 256 g/mol. The molecule has 0 fully saturated rings. The molecule has 3 aromatic rings. The summed E-state index contributed by atoms with van der Waals surface area (Å²) >= 11 is 6.04. The lowest BCUT2D eigenvalue weighted by Gasteiger charge is -2.04. The van der Waals surface area contributed by atoms with E-state index in [1.165, 1.54) is 11.1 Å². The number of halogens is 1. The van der Waals surface area contributed by atoms with Crippen molar-refractivity contribution in [2.24, 2.45) is 0 Å². The van der Waals surface area contributed by atoms with Crippen molar-refractivity contribution in [3.05, 3.63) is 59.9 Å². The lowest BCUT2D eigenvalue weighted by molar-refractivity contribution is 1.18. The van der Waals surface area contributed by atoms with Crippen LogP contribution in [0.3, 0.4) is 0 Å². The number of aromatic nitrogens is 2. The van der Waals surface area contributed by atoms with Crippen LogP contribution in [0, 0.1) is 0 Å². The third kappa shape index (κ3) is 1.72. The molecule has 1 heterocycles. The van der Waals surface area contributed by atoms with E-state index < -0.39 is 0 Å². The van der Waals surface area contributed by atoms with Crippen LogP contribution in [-0.2, 0) is 0 Å². The number of benzene rings is 2. The van der Waals surface area contributed by atoms with Crippen LogP contribution in [0.2, 0.25) is 5.28 Å². The topological polar surface area (TPSA) is 25.8 Å². The molecule has 4 aliphatic rings. The van der Waals surface area contributed by atoms with Crippen molar-refractivity contribution in [1.82, 2.24) is 9.97 Å². The Hall–Kier alpha value is -2.19. The average Bonchev–Trinajstić information content (AvgIpc) is 2.51. The maximum Gasteiger partial charge on any atom is 0.223 e. The van der Waals surface area contributed by atoms with E-state index >= 15 is 0 Å². The lowest BCUT2D eigenvalue weighted by Crippen LogP contribution is -1.91. The second-order valence-electron chi connectivity index (χ2n) is 4.56. The average molecular weight is 265 g/mol. The normalized spacial score (nSPS) is 11.4. The molecule has 7 rings (SSSR count). The Morgan fingerprint density at radius 1 is 0.579 bits per heavy atom. The molecule has 0 radical (unpaired) electrons. The summed E-state index contributed by atoms with van der Waals surface area (Å²) in [6.45, 7) is 0. The SMILES string of the molecule is Clc1nc2cc(n1)-c1ccc(cc1)-c1ccc-2cc1. The van der Waals surface area contributed by atoms with Gasteiger partial charge in [0.2, 0.25) is 5.28 Å². The lowest BCUT2D eigenvalue weighted by atomic mass is 10.0. The van der Waals surface area contributed by atoms with Crippen LogP contribution in [-0.4, -0.2) is 9.97 Å². The molecule has 19 heavy (non-hydrogen) atoms.